The predicted octanol–water partition coefficient (Wildman–Crippen LogP) is 4.33. The number of nitrogens with one attached hydrogen (secondary N) is 2. The average molecular weight is 649 g/mol. The molecule has 4 aliphatic rings. The zero-order chi connectivity index (χ0) is 34.2. The van der Waals surface area contributed by atoms with Gasteiger partial charge in [-0.05, 0) is 97.8 Å². The standard InChI is InChI=1S/C38H56N4O5/c1-22(2)32(20-41(7)8)40-36(45)28-14-10-13-27(16-28)26-12-9-11-25(15-26)19-42-35(34(24(4)44)33(21-43)47-42)37(46)39-31-18-29-17-30(23(31)3)38(29,5)6/h9-16,22-24,29-35,43-44H,17-21H2,1-8H3,(H,39,46)(H,40,45)/t23-,24+,29?,30?,31+,32+,33+,34-,35+/m1/s1. The summed E-state index contributed by atoms with van der Waals surface area (Å²) in [6.07, 6.45) is 0.639. The van der Waals surface area contributed by atoms with Crippen molar-refractivity contribution < 1.29 is 24.6 Å². The van der Waals surface area contributed by atoms with Crippen LogP contribution in [0.15, 0.2) is 48.5 Å². The highest BCUT2D eigenvalue weighted by atomic mass is 16.7. The molecule has 9 heteroatoms. The lowest BCUT2D eigenvalue weighted by Gasteiger charge is -2.62. The molecule has 1 aliphatic heterocycles. The van der Waals surface area contributed by atoms with Crippen LogP contribution in [0.25, 0.3) is 11.1 Å². The highest BCUT2D eigenvalue weighted by Crippen LogP contribution is 2.61. The number of fused-ring (bicyclic) bond motifs is 2. The van der Waals surface area contributed by atoms with Crippen molar-refractivity contribution >= 4 is 11.8 Å². The summed E-state index contributed by atoms with van der Waals surface area (Å²) in [6.45, 7) is 13.6. The minimum Gasteiger partial charge on any atom is -0.394 e. The van der Waals surface area contributed by atoms with Crippen LogP contribution >= 0.6 is 0 Å². The van der Waals surface area contributed by atoms with Gasteiger partial charge in [0.1, 0.15) is 12.1 Å². The van der Waals surface area contributed by atoms with Crippen LogP contribution in [0.4, 0.5) is 0 Å². The third-order valence-corrected chi connectivity index (χ3v) is 11.5. The Bertz CT molecular complexity index is 1410. The number of likely N-dealkylation sites (N-methyl/N-ethyl adjacent to an activating group) is 1. The van der Waals surface area contributed by atoms with Gasteiger partial charge in [0.15, 0.2) is 0 Å². The zero-order valence-corrected chi connectivity index (χ0v) is 29.4. The Kier molecular flexibility index (Phi) is 10.8. The van der Waals surface area contributed by atoms with Gasteiger partial charge < -0.3 is 25.7 Å². The number of carbonyl (C=O) groups is 2. The summed E-state index contributed by atoms with van der Waals surface area (Å²) in [5, 5.41) is 29.2. The van der Waals surface area contributed by atoms with Gasteiger partial charge in [0.25, 0.3) is 5.91 Å². The Morgan fingerprint density at radius 3 is 2.34 bits per heavy atom. The lowest BCUT2D eigenvalue weighted by molar-refractivity contribution is -0.183. The number of hydrogen-bond donors (Lipinski definition) is 4. The molecule has 2 aromatic rings. The minimum absolute atomic E-state index is 0.0298. The van der Waals surface area contributed by atoms with Crippen molar-refractivity contribution in [1.29, 1.82) is 0 Å². The van der Waals surface area contributed by atoms with Gasteiger partial charge in [-0.1, -0.05) is 65.0 Å². The van der Waals surface area contributed by atoms with E-state index in [2.05, 4.69) is 50.2 Å². The minimum atomic E-state index is -0.850. The van der Waals surface area contributed by atoms with Crippen LogP contribution in [-0.2, 0) is 16.2 Å². The number of amides is 2. The van der Waals surface area contributed by atoms with E-state index in [1.54, 1.807) is 12.0 Å². The molecule has 4 N–H and O–H groups in total. The van der Waals surface area contributed by atoms with Crippen LogP contribution in [0.3, 0.4) is 0 Å². The van der Waals surface area contributed by atoms with Crippen molar-refractivity contribution in [1.82, 2.24) is 20.6 Å². The molecule has 1 saturated heterocycles. The number of aliphatic hydroxyl groups is 2. The number of aliphatic hydroxyl groups excluding tert-OH is 2. The van der Waals surface area contributed by atoms with Crippen molar-refractivity contribution in [3.05, 3.63) is 59.7 Å². The fraction of sp³-hybridized carbons (Fsp3) is 0.632. The second-order valence-corrected chi connectivity index (χ2v) is 15.6. The topological polar surface area (TPSA) is 114 Å². The lowest BCUT2D eigenvalue weighted by atomic mass is 9.45. The molecule has 2 unspecified atom stereocenters. The van der Waals surface area contributed by atoms with Crippen LogP contribution in [0.5, 0.6) is 0 Å². The molecule has 3 aliphatic carbocycles. The molecule has 258 valence electrons. The summed E-state index contributed by atoms with van der Waals surface area (Å²) in [6, 6.07) is 15.0. The van der Waals surface area contributed by atoms with Gasteiger partial charge in [0, 0.05) is 30.1 Å². The van der Waals surface area contributed by atoms with Crippen molar-refractivity contribution in [3.8, 4) is 11.1 Å². The van der Waals surface area contributed by atoms with Crippen LogP contribution in [0, 0.1) is 35.0 Å². The second kappa shape index (κ2) is 14.3. The summed E-state index contributed by atoms with van der Waals surface area (Å²) in [5.74, 6) is 1.01. The summed E-state index contributed by atoms with van der Waals surface area (Å²) >= 11 is 0. The lowest BCUT2D eigenvalue weighted by Crippen LogP contribution is -2.62. The first kappa shape index (κ1) is 35.5. The van der Waals surface area contributed by atoms with Gasteiger partial charge in [0.05, 0.1) is 19.3 Å². The van der Waals surface area contributed by atoms with Gasteiger partial charge in [-0.2, -0.15) is 5.06 Å². The van der Waals surface area contributed by atoms with Gasteiger partial charge in [0.2, 0.25) is 5.91 Å². The molecule has 0 radical (unpaired) electrons. The van der Waals surface area contributed by atoms with Crippen molar-refractivity contribution in [2.75, 3.05) is 27.2 Å². The highest BCUT2D eigenvalue weighted by molar-refractivity contribution is 5.95. The van der Waals surface area contributed by atoms with E-state index in [0.717, 1.165) is 29.7 Å². The molecule has 2 bridgehead atoms. The van der Waals surface area contributed by atoms with Gasteiger partial charge in [-0.3, -0.25) is 14.4 Å². The quantitative estimate of drug-likeness (QED) is 0.271. The monoisotopic (exact) mass is 648 g/mol. The molecule has 3 saturated carbocycles. The second-order valence-electron chi connectivity index (χ2n) is 15.6. The molecule has 6 rings (SSSR count). The molecule has 2 aromatic carbocycles. The number of rotatable bonds is 12. The average Bonchev–Trinajstić information content (AvgIpc) is 3.39. The van der Waals surface area contributed by atoms with Crippen LogP contribution in [0.1, 0.15) is 70.3 Å². The van der Waals surface area contributed by atoms with Crippen LogP contribution < -0.4 is 10.6 Å². The first-order chi connectivity index (χ1) is 22.2. The van der Waals surface area contributed by atoms with E-state index < -0.39 is 24.2 Å². The maximum atomic E-state index is 14.0. The Morgan fingerprint density at radius 2 is 1.74 bits per heavy atom. The normalized spacial score (nSPS) is 29.7. The third kappa shape index (κ3) is 7.44. The number of carbonyl (C=O) groups excluding carboxylic acids is 2. The fourth-order valence-electron chi connectivity index (χ4n) is 8.42. The maximum absolute atomic E-state index is 14.0. The van der Waals surface area contributed by atoms with Gasteiger partial charge >= 0.3 is 0 Å². The smallest absolute Gasteiger partial charge is 0.251 e. The van der Waals surface area contributed by atoms with E-state index in [4.69, 9.17) is 4.84 Å². The number of benzene rings is 2. The maximum Gasteiger partial charge on any atom is 0.251 e. The molecule has 2 amide bonds. The molecular formula is C38H56N4O5. The molecule has 1 heterocycles. The van der Waals surface area contributed by atoms with E-state index in [0.29, 0.717) is 41.2 Å². The molecular weight excluding hydrogens is 592 g/mol. The summed E-state index contributed by atoms with van der Waals surface area (Å²) in [5.41, 5.74) is 3.67. The summed E-state index contributed by atoms with van der Waals surface area (Å²) in [7, 11) is 4.01. The highest BCUT2D eigenvalue weighted by Gasteiger charge is 2.57. The molecule has 4 fully saturated rings. The first-order valence-corrected chi connectivity index (χ1v) is 17.4. The summed E-state index contributed by atoms with van der Waals surface area (Å²) < 4.78 is 0. The Balaban J connectivity index is 1.33. The van der Waals surface area contributed by atoms with E-state index >= 15 is 0 Å². The Hall–Kier alpha value is -2.82. The van der Waals surface area contributed by atoms with Gasteiger partial charge in [-0.25, -0.2) is 0 Å². The molecule has 47 heavy (non-hydrogen) atoms. The third-order valence-electron chi connectivity index (χ3n) is 11.5. The predicted molar refractivity (Wildman–Crippen MR) is 184 cm³/mol. The van der Waals surface area contributed by atoms with Crippen LogP contribution in [0.2, 0.25) is 0 Å². The number of hydroxylamine groups is 2. The van der Waals surface area contributed by atoms with E-state index in [-0.39, 0.29) is 30.5 Å². The van der Waals surface area contributed by atoms with Crippen molar-refractivity contribution in [2.24, 2.45) is 35.0 Å². The molecule has 9 nitrogen and oxygen atoms in total. The molecule has 0 aromatic heterocycles. The fourth-order valence-corrected chi connectivity index (χ4v) is 8.42. The number of nitrogens with zero attached hydrogens (tertiary/aromatic N) is 2. The van der Waals surface area contributed by atoms with E-state index in [1.165, 1.54) is 6.42 Å². The van der Waals surface area contributed by atoms with Gasteiger partial charge in [-0.15, -0.1) is 0 Å². The largest absolute Gasteiger partial charge is 0.394 e. The van der Waals surface area contributed by atoms with Crippen LogP contribution in [-0.4, -0.2) is 89.6 Å². The SMILES string of the molecule is CC(C)[C@H](CN(C)C)NC(=O)c1cccc(-c2cccc(CN3O[C@@H](CO)[C@@H]([C@H](C)O)[C@H]3C(=O)N[C@H]3CC4CC([C@H]3C)C4(C)C)c2)c1. The first-order valence-electron chi connectivity index (χ1n) is 17.4. The Morgan fingerprint density at radius 1 is 1.06 bits per heavy atom. The number of hydrogen-bond acceptors (Lipinski definition) is 7. The van der Waals surface area contributed by atoms with E-state index in [9.17, 15) is 19.8 Å². The Labute approximate surface area is 281 Å². The molecule has 0 spiro atoms. The molecule has 9 atom stereocenters. The van der Waals surface area contributed by atoms with E-state index in [1.807, 2.05) is 62.6 Å². The summed E-state index contributed by atoms with van der Waals surface area (Å²) in [4.78, 5) is 35.5. The van der Waals surface area contributed by atoms with Crippen molar-refractivity contribution in [3.63, 3.8) is 0 Å². The zero-order valence-electron chi connectivity index (χ0n) is 29.4. The van der Waals surface area contributed by atoms with Crippen molar-refractivity contribution in [2.45, 2.75) is 91.3 Å².